The molecule has 0 aliphatic heterocycles. The first-order valence-corrected chi connectivity index (χ1v) is 7.11. The molecule has 0 N–H and O–H groups in total. The van der Waals surface area contributed by atoms with Gasteiger partial charge in [-0.2, -0.15) is 0 Å². The highest BCUT2D eigenvalue weighted by atomic mass is 16.5. The van der Waals surface area contributed by atoms with E-state index in [2.05, 4.69) is 30.3 Å². The average molecular weight is 289 g/mol. The summed E-state index contributed by atoms with van der Waals surface area (Å²) in [5.74, 6) is 1.72. The van der Waals surface area contributed by atoms with Gasteiger partial charge in [0, 0.05) is 0 Å². The van der Waals surface area contributed by atoms with Gasteiger partial charge in [0.1, 0.15) is 11.5 Å². The van der Waals surface area contributed by atoms with Crippen molar-refractivity contribution < 1.29 is 9.47 Å². The van der Waals surface area contributed by atoms with Crippen LogP contribution in [0.2, 0.25) is 0 Å². The minimum absolute atomic E-state index is 0.857. The SMILES string of the molecule is COc1ccc(-c2[c]ccc(-c3ccc(OC)cc3)c2)cc1. The largest absolute Gasteiger partial charge is 0.497 e. The van der Waals surface area contributed by atoms with Crippen LogP contribution >= 0.6 is 0 Å². The van der Waals surface area contributed by atoms with Crippen LogP contribution in [0.3, 0.4) is 0 Å². The quantitative estimate of drug-likeness (QED) is 0.684. The lowest BCUT2D eigenvalue weighted by molar-refractivity contribution is 0.415. The molecule has 0 spiro atoms. The lowest BCUT2D eigenvalue weighted by atomic mass is 9.99. The fraction of sp³-hybridized carbons (Fsp3) is 0.100. The zero-order valence-electron chi connectivity index (χ0n) is 12.7. The molecule has 0 aliphatic rings. The average Bonchev–Trinajstić information content (AvgIpc) is 2.62. The van der Waals surface area contributed by atoms with Gasteiger partial charge in [-0.05, 0) is 58.7 Å². The summed E-state index contributed by atoms with van der Waals surface area (Å²) in [6, 6.07) is 25.5. The third-order valence-corrected chi connectivity index (χ3v) is 3.63. The van der Waals surface area contributed by atoms with Gasteiger partial charge in [-0.3, -0.25) is 0 Å². The molecule has 0 aliphatic carbocycles. The second-order valence-electron chi connectivity index (χ2n) is 4.95. The Hall–Kier alpha value is -2.74. The normalized spacial score (nSPS) is 10.3. The van der Waals surface area contributed by atoms with E-state index >= 15 is 0 Å². The van der Waals surface area contributed by atoms with Crippen molar-refractivity contribution in [1.29, 1.82) is 0 Å². The van der Waals surface area contributed by atoms with Crippen LogP contribution in [-0.2, 0) is 0 Å². The van der Waals surface area contributed by atoms with Gasteiger partial charge in [0.2, 0.25) is 0 Å². The second kappa shape index (κ2) is 6.35. The first-order chi connectivity index (χ1) is 10.8. The number of methoxy groups -OCH3 is 2. The summed E-state index contributed by atoms with van der Waals surface area (Å²) in [4.78, 5) is 0. The van der Waals surface area contributed by atoms with E-state index in [1.54, 1.807) is 14.2 Å². The van der Waals surface area contributed by atoms with E-state index in [9.17, 15) is 0 Å². The highest BCUT2D eigenvalue weighted by Gasteiger charge is 2.03. The predicted octanol–water partition coefficient (Wildman–Crippen LogP) is 4.84. The monoisotopic (exact) mass is 289 g/mol. The van der Waals surface area contributed by atoms with Crippen LogP contribution in [-0.4, -0.2) is 14.2 Å². The summed E-state index contributed by atoms with van der Waals surface area (Å²) in [6.45, 7) is 0. The van der Waals surface area contributed by atoms with E-state index < -0.39 is 0 Å². The molecule has 0 atom stereocenters. The molecule has 2 nitrogen and oxygen atoms in total. The predicted molar refractivity (Wildman–Crippen MR) is 89.3 cm³/mol. The van der Waals surface area contributed by atoms with Gasteiger partial charge in [0.15, 0.2) is 0 Å². The smallest absolute Gasteiger partial charge is 0.118 e. The maximum absolute atomic E-state index is 5.20. The Morgan fingerprint density at radius 1 is 0.636 bits per heavy atom. The van der Waals surface area contributed by atoms with E-state index in [0.717, 1.165) is 33.8 Å². The minimum Gasteiger partial charge on any atom is -0.497 e. The summed E-state index contributed by atoms with van der Waals surface area (Å²) in [6.07, 6.45) is 0. The van der Waals surface area contributed by atoms with E-state index in [4.69, 9.17) is 9.47 Å². The molecule has 0 amide bonds. The molecule has 3 rings (SSSR count). The topological polar surface area (TPSA) is 18.5 Å². The highest BCUT2D eigenvalue weighted by Crippen LogP contribution is 2.28. The Morgan fingerprint density at radius 2 is 1.18 bits per heavy atom. The van der Waals surface area contributed by atoms with Crippen molar-refractivity contribution in [2.24, 2.45) is 0 Å². The van der Waals surface area contributed by atoms with Crippen molar-refractivity contribution in [3.63, 3.8) is 0 Å². The fourth-order valence-corrected chi connectivity index (χ4v) is 2.37. The summed E-state index contributed by atoms with van der Waals surface area (Å²) in [7, 11) is 3.35. The molecule has 22 heavy (non-hydrogen) atoms. The maximum atomic E-state index is 5.20. The molecule has 0 saturated heterocycles. The van der Waals surface area contributed by atoms with Crippen molar-refractivity contribution in [2.75, 3.05) is 14.2 Å². The standard InChI is InChI=1S/C20H17O2/c1-21-19-10-6-15(7-11-19)17-4-3-5-18(14-17)16-8-12-20(22-2)13-9-16/h3-4,6-14H,1-2H3. The summed E-state index contributed by atoms with van der Waals surface area (Å²) in [5, 5.41) is 0. The molecule has 0 bridgehead atoms. The molecular formula is C20H17O2. The van der Waals surface area contributed by atoms with E-state index in [1.165, 1.54) is 0 Å². The van der Waals surface area contributed by atoms with E-state index in [-0.39, 0.29) is 0 Å². The summed E-state index contributed by atoms with van der Waals surface area (Å²) < 4.78 is 10.4. The molecule has 0 aromatic heterocycles. The summed E-state index contributed by atoms with van der Waals surface area (Å²) in [5.41, 5.74) is 4.50. The Bertz CT molecular complexity index is 681. The van der Waals surface area contributed by atoms with Crippen molar-refractivity contribution >= 4 is 0 Å². The first-order valence-electron chi connectivity index (χ1n) is 7.11. The molecular weight excluding hydrogens is 272 g/mol. The zero-order valence-corrected chi connectivity index (χ0v) is 12.7. The van der Waals surface area contributed by atoms with Gasteiger partial charge < -0.3 is 9.47 Å². The van der Waals surface area contributed by atoms with Gasteiger partial charge in [0.05, 0.1) is 14.2 Å². The zero-order chi connectivity index (χ0) is 15.4. The fourth-order valence-electron chi connectivity index (χ4n) is 2.37. The number of rotatable bonds is 4. The van der Waals surface area contributed by atoms with Crippen LogP contribution in [0.15, 0.2) is 66.7 Å². The van der Waals surface area contributed by atoms with Crippen LogP contribution < -0.4 is 9.47 Å². The van der Waals surface area contributed by atoms with Crippen LogP contribution in [0.5, 0.6) is 11.5 Å². The van der Waals surface area contributed by atoms with E-state index in [1.807, 2.05) is 42.5 Å². The third-order valence-electron chi connectivity index (χ3n) is 3.63. The van der Waals surface area contributed by atoms with Crippen LogP contribution in [0, 0.1) is 6.07 Å². The number of hydrogen-bond donors (Lipinski definition) is 0. The Morgan fingerprint density at radius 3 is 1.73 bits per heavy atom. The van der Waals surface area contributed by atoms with Crippen molar-refractivity contribution in [1.82, 2.24) is 0 Å². The summed E-state index contributed by atoms with van der Waals surface area (Å²) >= 11 is 0. The minimum atomic E-state index is 0.857. The number of hydrogen-bond acceptors (Lipinski definition) is 2. The lowest BCUT2D eigenvalue weighted by Crippen LogP contribution is -1.85. The van der Waals surface area contributed by atoms with Gasteiger partial charge in [-0.1, -0.05) is 36.4 Å². The Labute approximate surface area is 131 Å². The molecule has 1 radical (unpaired) electrons. The first kappa shape index (κ1) is 14.2. The highest BCUT2D eigenvalue weighted by molar-refractivity contribution is 5.73. The molecule has 0 heterocycles. The lowest BCUT2D eigenvalue weighted by Gasteiger charge is -2.07. The number of ether oxygens (including phenoxy) is 2. The van der Waals surface area contributed by atoms with Crippen molar-refractivity contribution in [2.45, 2.75) is 0 Å². The maximum Gasteiger partial charge on any atom is 0.118 e. The molecule has 2 heteroatoms. The van der Waals surface area contributed by atoms with Gasteiger partial charge in [-0.15, -0.1) is 0 Å². The molecule has 0 saturated carbocycles. The van der Waals surface area contributed by atoms with Crippen LogP contribution in [0.25, 0.3) is 22.3 Å². The molecule has 0 unspecified atom stereocenters. The third kappa shape index (κ3) is 2.96. The second-order valence-corrected chi connectivity index (χ2v) is 4.95. The van der Waals surface area contributed by atoms with Crippen LogP contribution in [0.1, 0.15) is 0 Å². The van der Waals surface area contributed by atoms with Crippen LogP contribution in [0.4, 0.5) is 0 Å². The Balaban J connectivity index is 1.93. The van der Waals surface area contributed by atoms with Gasteiger partial charge >= 0.3 is 0 Å². The Kier molecular flexibility index (Phi) is 4.10. The van der Waals surface area contributed by atoms with Gasteiger partial charge in [-0.25, -0.2) is 0 Å². The van der Waals surface area contributed by atoms with E-state index in [0.29, 0.717) is 0 Å². The van der Waals surface area contributed by atoms with Crippen molar-refractivity contribution in [3.8, 4) is 33.8 Å². The number of benzene rings is 3. The molecule has 3 aromatic rings. The molecule has 3 aromatic carbocycles. The molecule has 0 fully saturated rings. The molecule has 109 valence electrons. The van der Waals surface area contributed by atoms with Crippen molar-refractivity contribution in [3.05, 3.63) is 72.8 Å². The van der Waals surface area contributed by atoms with Gasteiger partial charge in [0.25, 0.3) is 0 Å².